The van der Waals surface area contributed by atoms with E-state index >= 15 is 0 Å². The van der Waals surface area contributed by atoms with Crippen molar-refractivity contribution in [3.63, 3.8) is 0 Å². The Morgan fingerprint density at radius 1 is 1.18 bits per heavy atom. The van der Waals surface area contributed by atoms with E-state index in [1.165, 1.54) is 6.42 Å². The molecular weight excluding hydrogens is 212 g/mol. The Bertz CT molecular complexity index is 317. The van der Waals surface area contributed by atoms with Crippen LogP contribution >= 0.6 is 0 Å². The van der Waals surface area contributed by atoms with Gasteiger partial charge in [-0.1, -0.05) is 34.6 Å². The maximum absolute atomic E-state index is 11.5. The first-order valence-electron chi connectivity index (χ1n) is 6.89. The summed E-state index contributed by atoms with van der Waals surface area (Å²) in [6.45, 7) is 11.0. The summed E-state index contributed by atoms with van der Waals surface area (Å²) in [6.07, 6.45) is 4.72. The van der Waals surface area contributed by atoms with E-state index in [4.69, 9.17) is 4.74 Å². The van der Waals surface area contributed by atoms with Gasteiger partial charge in [-0.2, -0.15) is 0 Å². The van der Waals surface area contributed by atoms with Gasteiger partial charge in [0.15, 0.2) is 0 Å². The van der Waals surface area contributed by atoms with Crippen LogP contribution in [0, 0.1) is 16.7 Å². The number of ether oxygens (including phenoxy) is 1. The maximum Gasteiger partial charge on any atom is 0.143 e. The van der Waals surface area contributed by atoms with Crippen molar-refractivity contribution in [2.75, 3.05) is 0 Å². The summed E-state index contributed by atoms with van der Waals surface area (Å²) in [5.74, 6) is 1.09. The average Bonchev–Trinajstić information content (AvgIpc) is 2.14. The molecule has 0 aromatic carbocycles. The van der Waals surface area contributed by atoms with Crippen molar-refractivity contribution >= 4 is 5.78 Å². The summed E-state index contributed by atoms with van der Waals surface area (Å²) >= 11 is 0. The highest BCUT2D eigenvalue weighted by Gasteiger charge is 2.49. The van der Waals surface area contributed by atoms with Gasteiger partial charge >= 0.3 is 0 Å². The first kappa shape index (κ1) is 13.1. The van der Waals surface area contributed by atoms with Gasteiger partial charge in [-0.05, 0) is 30.6 Å². The fourth-order valence-electron chi connectivity index (χ4n) is 3.55. The molecule has 0 heterocycles. The van der Waals surface area contributed by atoms with E-state index < -0.39 is 0 Å². The van der Waals surface area contributed by atoms with Crippen LogP contribution in [-0.2, 0) is 9.53 Å². The molecule has 2 rings (SSSR count). The molecule has 2 nitrogen and oxygen atoms in total. The lowest BCUT2D eigenvalue weighted by atomic mass is 9.67. The Balaban J connectivity index is 1.94. The molecule has 0 radical (unpaired) electrons. The van der Waals surface area contributed by atoms with Gasteiger partial charge in [0.2, 0.25) is 0 Å². The van der Waals surface area contributed by atoms with Crippen LogP contribution in [0.1, 0.15) is 60.3 Å². The van der Waals surface area contributed by atoms with E-state index in [-0.39, 0.29) is 11.5 Å². The smallest absolute Gasteiger partial charge is 0.143 e. The number of carbonyl (C=O) groups excluding carboxylic acids is 1. The third-order valence-corrected chi connectivity index (χ3v) is 4.60. The number of hydrogen-bond acceptors (Lipinski definition) is 2. The number of ketones is 1. The molecule has 3 unspecified atom stereocenters. The lowest BCUT2D eigenvalue weighted by molar-refractivity contribution is -0.172. The molecule has 0 aromatic heterocycles. The zero-order chi connectivity index (χ0) is 12.8. The Morgan fingerprint density at radius 3 is 2.29 bits per heavy atom. The van der Waals surface area contributed by atoms with Crippen LogP contribution in [0.5, 0.6) is 0 Å². The molecule has 0 saturated heterocycles. The molecule has 2 aliphatic carbocycles. The summed E-state index contributed by atoms with van der Waals surface area (Å²) < 4.78 is 6.20. The average molecular weight is 238 g/mol. The molecule has 98 valence electrons. The Kier molecular flexibility index (Phi) is 3.14. The van der Waals surface area contributed by atoms with Crippen LogP contribution in [0.3, 0.4) is 0 Å². The van der Waals surface area contributed by atoms with E-state index in [1.54, 1.807) is 0 Å². The normalized spacial score (nSPS) is 39.8. The van der Waals surface area contributed by atoms with Crippen LogP contribution in [0.4, 0.5) is 0 Å². The van der Waals surface area contributed by atoms with Crippen LogP contribution in [0.25, 0.3) is 0 Å². The summed E-state index contributed by atoms with van der Waals surface area (Å²) in [4.78, 5) is 11.5. The molecule has 3 atom stereocenters. The van der Waals surface area contributed by atoms with Crippen molar-refractivity contribution < 1.29 is 9.53 Å². The predicted molar refractivity (Wildman–Crippen MR) is 68.9 cm³/mol. The molecule has 2 aliphatic rings. The van der Waals surface area contributed by atoms with Gasteiger partial charge in [0.05, 0.1) is 17.6 Å². The van der Waals surface area contributed by atoms with Crippen LogP contribution in [0.2, 0.25) is 0 Å². The van der Waals surface area contributed by atoms with Crippen molar-refractivity contribution in [3.05, 3.63) is 0 Å². The maximum atomic E-state index is 11.5. The fraction of sp³-hybridized carbons (Fsp3) is 0.933. The summed E-state index contributed by atoms with van der Waals surface area (Å²) in [6, 6.07) is 0. The number of hydrogen-bond donors (Lipinski definition) is 0. The highest BCUT2D eigenvalue weighted by molar-refractivity contribution is 5.91. The van der Waals surface area contributed by atoms with Crippen molar-refractivity contribution in [3.8, 4) is 0 Å². The van der Waals surface area contributed by atoms with Crippen molar-refractivity contribution in [2.45, 2.75) is 72.5 Å². The minimum Gasteiger partial charge on any atom is -0.373 e. The Morgan fingerprint density at radius 2 is 1.82 bits per heavy atom. The van der Waals surface area contributed by atoms with Crippen LogP contribution < -0.4 is 0 Å². The minimum atomic E-state index is -0.245. The second-order valence-corrected chi connectivity index (χ2v) is 7.51. The van der Waals surface area contributed by atoms with Gasteiger partial charge in [0.25, 0.3) is 0 Å². The van der Waals surface area contributed by atoms with E-state index in [2.05, 4.69) is 20.8 Å². The van der Waals surface area contributed by atoms with Gasteiger partial charge < -0.3 is 4.74 Å². The van der Waals surface area contributed by atoms with Crippen LogP contribution in [0.15, 0.2) is 0 Å². The van der Waals surface area contributed by atoms with E-state index in [1.807, 2.05) is 13.8 Å². The van der Waals surface area contributed by atoms with Gasteiger partial charge in [-0.25, -0.2) is 0 Å². The first-order valence-corrected chi connectivity index (χ1v) is 6.89. The second kappa shape index (κ2) is 4.08. The molecule has 0 aromatic rings. The fourth-order valence-corrected chi connectivity index (χ4v) is 3.55. The van der Waals surface area contributed by atoms with Crippen molar-refractivity contribution in [1.29, 1.82) is 0 Å². The zero-order valence-corrected chi connectivity index (χ0v) is 11.9. The molecule has 0 amide bonds. The monoisotopic (exact) mass is 238 g/mol. The molecule has 0 aliphatic heterocycles. The minimum absolute atomic E-state index is 0.154. The number of Topliss-reactive ketones (excluding diaryl/α,β-unsaturated/α-hetero) is 1. The summed E-state index contributed by atoms with van der Waals surface area (Å²) in [5.41, 5.74) is 0.144. The highest BCUT2D eigenvalue weighted by atomic mass is 16.5. The van der Waals surface area contributed by atoms with Crippen molar-refractivity contribution in [2.24, 2.45) is 16.7 Å². The van der Waals surface area contributed by atoms with E-state index in [0.29, 0.717) is 23.7 Å². The first-order chi connectivity index (χ1) is 7.71. The molecular formula is C15H26O2. The van der Waals surface area contributed by atoms with Gasteiger partial charge in [-0.3, -0.25) is 4.79 Å². The van der Waals surface area contributed by atoms with Crippen molar-refractivity contribution in [1.82, 2.24) is 0 Å². The van der Waals surface area contributed by atoms with Gasteiger partial charge in [0.1, 0.15) is 5.78 Å². The quantitative estimate of drug-likeness (QED) is 0.735. The molecule has 2 heteroatoms. The second-order valence-electron chi connectivity index (χ2n) is 7.51. The largest absolute Gasteiger partial charge is 0.373 e. The van der Waals surface area contributed by atoms with Crippen LogP contribution in [-0.4, -0.2) is 18.0 Å². The van der Waals surface area contributed by atoms with Gasteiger partial charge in [0, 0.05) is 6.42 Å². The molecule has 0 bridgehead atoms. The van der Waals surface area contributed by atoms with E-state index in [9.17, 15) is 4.79 Å². The summed E-state index contributed by atoms with van der Waals surface area (Å²) in [5, 5.41) is 0. The SMILES string of the molecule is CC1CC(OC2CC(=O)C2(C)C)CC(C)(C)C1. The molecule has 0 N–H and O–H groups in total. The zero-order valence-electron chi connectivity index (χ0n) is 11.9. The summed E-state index contributed by atoms with van der Waals surface area (Å²) in [7, 11) is 0. The Labute approximate surface area is 105 Å². The lowest BCUT2D eigenvalue weighted by Gasteiger charge is -2.47. The number of carbonyl (C=O) groups is 1. The Hall–Kier alpha value is -0.370. The molecule has 2 saturated carbocycles. The molecule has 0 spiro atoms. The third kappa shape index (κ3) is 2.57. The highest BCUT2D eigenvalue weighted by Crippen LogP contribution is 2.44. The molecule has 17 heavy (non-hydrogen) atoms. The topological polar surface area (TPSA) is 26.3 Å². The predicted octanol–water partition coefficient (Wildman–Crippen LogP) is 3.59. The number of rotatable bonds is 2. The third-order valence-electron chi connectivity index (χ3n) is 4.60. The molecule has 2 fully saturated rings. The standard InChI is InChI=1S/C15H26O2/c1-10-6-11(9-14(2,3)8-10)17-13-7-12(16)15(13,4)5/h10-11,13H,6-9H2,1-5H3. The van der Waals surface area contributed by atoms with E-state index in [0.717, 1.165) is 18.8 Å². The lowest BCUT2D eigenvalue weighted by Crippen LogP contribution is -2.53. The van der Waals surface area contributed by atoms with Gasteiger partial charge in [-0.15, -0.1) is 0 Å².